The van der Waals surface area contributed by atoms with E-state index in [1.165, 1.54) is 25.7 Å². The van der Waals surface area contributed by atoms with Crippen molar-refractivity contribution in [1.82, 2.24) is 30.2 Å². The van der Waals surface area contributed by atoms with Crippen molar-refractivity contribution in [1.29, 1.82) is 0 Å². The predicted molar refractivity (Wildman–Crippen MR) is 173 cm³/mol. The van der Waals surface area contributed by atoms with Gasteiger partial charge in [-0.1, -0.05) is 25.7 Å². The van der Waals surface area contributed by atoms with E-state index in [1.807, 2.05) is 0 Å². The van der Waals surface area contributed by atoms with E-state index in [0.717, 1.165) is 77.9 Å². The second-order valence-corrected chi connectivity index (χ2v) is 15.3. The van der Waals surface area contributed by atoms with Gasteiger partial charge in [0.25, 0.3) is 5.91 Å². The Kier molecular flexibility index (Phi) is 10.0. The molecule has 0 spiro atoms. The number of hydrogen-bond donors (Lipinski definition) is 2. The number of ether oxygens (including phenoxy) is 1. The summed E-state index contributed by atoms with van der Waals surface area (Å²) in [5.41, 5.74) is 0.159. The first-order valence-corrected chi connectivity index (χ1v) is 18.4. The first kappa shape index (κ1) is 32.5. The van der Waals surface area contributed by atoms with Crippen LogP contribution in [0.4, 0.5) is 4.39 Å². The summed E-state index contributed by atoms with van der Waals surface area (Å²) in [4.78, 5) is 50.0. The van der Waals surface area contributed by atoms with E-state index < -0.39 is 24.2 Å². The number of carbonyl (C=O) groups is 3. The van der Waals surface area contributed by atoms with Crippen molar-refractivity contribution in [3.8, 4) is 0 Å². The Hall–Kier alpha value is -2.08. The highest BCUT2D eigenvalue weighted by Gasteiger charge is 2.60. The van der Waals surface area contributed by atoms with Gasteiger partial charge in [-0.25, -0.2) is 4.39 Å². The molecule has 2 amide bonds. The Bertz CT molecular complexity index is 1160. The summed E-state index contributed by atoms with van der Waals surface area (Å²) in [5, 5.41) is 6.06. The van der Waals surface area contributed by atoms with E-state index in [4.69, 9.17) is 4.74 Å². The van der Waals surface area contributed by atoms with Crippen LogP contribution in [0, 0.1) is 17.8 Å². The van der Waals surface area contributed by atoms with Gasteiger partial charge in [0.05, 0.1) is 29.8 Å². The topological polar surface area (TPSA) is 97.5 Å². The molecule has 7 aliphatic rings. The Morgan fingerprint density at radius 3 is 2.41 bits per heavy atom. The summed E-state index contributed by atoms with van der Waals surface area (Å²) in [6.45, 7) is 8.30. The number of nitrogens with one attached hydrogen (secondary N) is 2. The van der Waals surface area contributed by atoms with Crippen LogP contribution in [0.1, 0.15) is 70.6 Å². The summed E-state index contributed by atoms with van der Waals surface area (Å²) in [6.07, 6.45) is 9.93. The number of Topliss-reactive ketones (excluding diaryl/α,β-unsaturated/α-hetero) is 1. The van der Waals surface area contributed by atoms with Crippen LogP contribution in [0.3, 0.4) is 0 Å². The number of halogens is 1. The number of likely N-dealkylation sites (N-methyl/N-ethyl adjacent to an activating group) is 1. The monoisotopic (exact) mass is 642 g/mol. The minimum atomic E-state index is -1.42. The lowest BCUT2D eigenvalue weighted by molar-refractivity contribution is -0.208. The zero-order chi connectivity index (χ0) is 31.8. The number of alkyl halides is 1. The van der Waals surface area contributed by atoms with Crippen LogP contribution >= 0.6 is 0 Å². The normalized spacial score (nSPS) is 38.4. The molecule has 2 N–H and O–H groups in total. The molecule has 9 atom stereocenters. The van der Waals surface area contributed by atoms with Crippen LogP contribution in [-0.2, 0) is 19.1 Å². The van der Waals surface area contributed by atoms with E-state index in [1.54, 1.807) is 6.20 Å². The van der Waals surface area contributed by atoms with Crippen molar-refractivity contribution >= 4 is 17.6 Å². The standard InChI is InChI=1S/C35H55FN6O4/c1-39-15-17-41(18-16-39)13-6-10-37-35(45)26-22-42-28-19-23-7-2-3-8-24(23)20-29(28)46-34-31(27(36)21-25(32(34)42)33(26)44)38-30(43)9-14-40-11-4-5-12-40/h22-25,27-29,31-32,34H,2-21H2,1H3,(H,37,45)(H,38,43). The number of likely N-dealkylation sites (tertiary alicyclic amines) is 1. The van der Waals surface area contributed by atoms with E-state index in [9.17, 15) is 14.4 Å². The van der Waals surface area contributed by atoms with Gasteiger partial charge in [0.15, 0.2) is 5.78 Å². The molecule has 10 nitrogen and oxygen atoms in total. The third-order valence-corrected chi connectivity index (χ3v) is 12.4. The molecule has 11 heteroatoms. The summed E-state index contributed by atoms with van der Waals surface area (Å²) in [6, 6.07) is -1.12. The minimum Gasteiger partial charge on any atom is -0.368 e. The van der Waals surface area contributed by atoms with Crippen molar-refractivity contribution in [3.05, 3.63) is 11.8 Å². The number of carbonyl (C=O) groups excluding carboxylic acids is 3. The fraction of sp³-hybridized carbons (Fsp3) is 0.857. The van der Waals surface area contributed by atoms with Gasteiger partial charge in [-0.05, 0) is 77.0 Å². The van der Waals surface area contributed by atoms with Crippen LogP contribution in [0.2, 0.25) is 0 Å². The van der Waals surface area contributed by atoms with Crippen molar-refractivity contribution in [2.45, 2.75) is 107 Å². The fourth-order valence-electron chi connectivity index (χ4n) is 9.82. The van der Waals surface area contributed by atoms with Gasteiger partial charge in [0, 0.05) is 57.8 Å². The zero-order valence-electron chi connectivity index (χ0n) is 27.7. The van der Waals surface area contributed by atoms with Crippen molar-refractivity contribution < 1.29 is 23.5 Å². The third-order valence-electron chi connectivity index (χ3n) is 12.4. The number of hydrogen-bond acceptors (Lipinski definition) is 8. The molecule has 256 valence electrons. The maximum absolute atomic E-state index is 16.1. The van der Waals surface area contributed by atoms with Gasteiger partial charge in [-0.15, -0.1) is 0 Å². The lowest BCUT2D eigenvalue weighted by Crippen LogP contribution is -2.73. The van der Waals surface area contributed by atoms with Crippen LogP contribution in [-0.4, -0.2) is 140 Å². The second-order valence-electron chi connectivity index (χ2n) is 15.3. The molecular weight excluding hydrogens is 587 g/mol. The zero-order valence-corrected chi connectivity index (χ0v) is 27.7. The average molecular weight is 643 g/mol. The Balaban J connectivity index is 1.07. The Morgan fingerprint density at radius 2 is 1.65 bits per heavy atom. The number of amides is 2. The quantitative estimate of drug-likeness (QED) is 0.291. The lowest BCUT2D eigenvalue weighted by atomic mass is 9.65. The molecule has 3 saturated heterocycles. The molecule has 3 aliphatic carbocycles. The van der Waals surface area contributed by atoms with Gasteiger partial charge in [-0.2, -0.15) is 0 Å². The third kappa shape index (κ3) is 6.76. The molecule has 9 unspecified atom stereocenters. The summed E-state index contributed by atoms with van der Waals surface area (Å²) in [5.74, 6) is -0.234. The van der Waals surface area contributed by atoms with Crippen molar-refractivity contribution in [2.24, 2.45) is 17.8 Å². The molecule has 0 radical (unpaired) electrons. The molecular formula is C35H55FN6O4. The summed E-state index contributed by atoms with van der Waals surface area (Å²) < 4.78 is 23.0. The SMILES string of the molecule is CN1CCN(CCCNC(=O)C2=CN3C4CC5CCCCC5CC4OC4C(NC(=O)CCN5CCCC5)C(F)CC(C2=O)C43)CC1. The largest absolute Gasteiger partial charge is 0.368 e. The second kappa shape index (κ2) is 14.2. The molecule has 0 aromatic rings. The number of nitrogens with zero attached hydrogens (tertiary/aromatic N) is 4. The molecule has 3 saturated carbocycles. The molecule has 4 heterocycles. The smallest absolute Gasteiger partial charge is 0.256 e. The maximum Gasteiger partial charge on any atom is 0.256 e. The van der Waals surface area contributed by atoms with E-state index >= 15 is 4.39 Å². The average Bonchev–Trinajstić information content (AvgIpc) is 3.58. The highest BCUT2D eigenvalue weighted by atomic mass is 19.1. The molecule has 6 fully saturated rings. The van der Waals surface area contributed by atoms with Crippen LogP contribution < -0.4 is 10.6 Å². The fourth-order valence-corrected chi connectivity index (χ4v) is 9.82. The van der Waals surface area contributed by atoms with Gasteiger partial charge in [-0.3, -0.25) is 14.4 Å². The first-order chi connectivity index (χ1) is 22.4. The number of fused-ring (bicyclic) bond motifs is 3. The van der Waals surface area contributed by atoms with Crippen molar-refractivity contribution in [3.63, 3.8) is 0 Å². The van der Waals surface area contributed by atoms with Crippen LogP contribution in [0.15, 0.2) is 11.8 Å². The van der Waals surface area contributed by atoms with E-state index in [0.29, 0.717) is 31.3 Å². The molecule has 4 aliphatic heterocycles. The minimum absolute atomic E-state index is 0.00556. The van der Waals surface area contributed by atoms with E-state index in [2.05, 4.69) is 37.3 Å². The van der Waals surface area contributed by atoms with Gasteiger partial charge in [0.1, 0.15) is 12.3 Å². The number of morpholine rings is 1. The predicted octanol–water partition coefficient (Wildman–Crippen LogP) is 1.94. The number of piperazine rings is 1. The highest BCUT2D eigenvalue weighted by molar-refractivity contribution is 6.20. The molecule has 0 aromatic carbocycles. The maximum atomic E-state index is 16.1. The highest BCUT2D eigenvalue weighted by Crippen LogP contribution is 2.50. The number of rotatable bonds is 9. The lowest BCUT2D eigenvalue weighted by Gasteiger charge is -2.60. The van der Waals surface area contributed by atoms with Crippen LogP contribution in [0.25, 0.3) is 0 Å². The molecule has 46 heavy (non-hydrogen) atoms. The van der Waals surface area contributed by atoms with E-state index in [-0.39, 0.29) is 47.8 Å². The molecule has 7 rings (SSSR count). The summed E-state index contributed by atoms with van der Waals surface area (Å²) >= 11 is 0. The molecule has 0 aromatic heterocycles. The van der Waals surface area contributed by atoms with Gasteiger partial charge < -0.3 is 35.0 Å². The number of ketones is 1. The molecule has 0 bridgehead atoms. The van der Waals surface area contributed by atoms with Crippen molar-refractivity contribution in [2.75, 3.05) is 66.0 Å². The first-order valence-electron chi connectivity index (χ1n) is 18.4. The Morgan fingerprint density at radius 1 is 0.935 bits per heavy atom. The van der Waals surface area contributed by atoms with Crippen LogP contribution in [0.5, 0.6) is 0 Å². The van der Waals surface area contributed by atoms with Gasteiger partial charge >= 0.3 is 0 Å². The Labute approximate surface area is 273 Å². The summed E-state index contributed by atoms with van der Waals surface area (Å²) in [7, 11) is 2.14. The van der Waals surface area contributed by atoms with Gasteiger partial charge in [0.2, 0.25) is 5.91 Å².